The number of aromatic nitrogens is 5. The van der Waals surface area contributed by atoms with Gasteiger partial charge in [0.2, 0.25) is 5.82 Å². The van der Waals surface area contributed by atoms with E-state index in [9.17, 15) is 9.59 Å². The lowest BCUT2D eigenvalue weighted by Gasteiger charge is -2.32. The molecule has 3 N–H and O–H groups in total. The SMILES string of the molecule is COCCN(C)CCNC(=O)c1nc(NC(=O)N[C@H]2CC[C@@H](Oc3ccc4nnc(C5(C)CC5)n4c3)c3ccccc32)cc(C(C)(C)C)n1. The second-order valence-electron chi connectivity index (χ2n) is 14.4. The molecular formula is C36H47N9O4. The molecule has 0 bridgehead atoms. The Morgan fingerprint density at radius 2 is 1.82 bits per heavy atom. The van der Waals surface area contributed by atoms with Crippen LogP contribution in [0.15, 0.2) is 48.7 Å². The highest BCUT2D eigenvalue weighted by atomic mass is 16.5. The summed E-state index contributed by atoms with van der Waals surface area (Å²) in [4.78, 5) is 37.5. The Bertz CT molecular complexity index is 1810. The molecule has 1 fully saturated rings. The number of ether oxygens (including phenoxy) is 2. The zero-order valence-corrected chi connectivity index (χ0v) is 29.2. The molecule has 2 atom stereocenters. The van der Waals surface area contributed by atoms with Crippen LogP contribution in [0.1, 0.15) is 98.8 Å². The molecule has 4 aromatic rings. The second-order valence-corrected chi connectivity index (χ2v) is 14.4. The Balaban J connectivity index is 1.13. The molecule has 0 spiro atoms. The van der Waals surface area contributed by atoms with Crippen molar-refractivity contribution in [1.29, 1.82) is 0 Å². The number of rotatable bonds is 12. The molecule has 49 heavy (non-hydrogen) atoms. The average molecular weight is 670 g/mol. The smallest absolute Gasteiger partial charge is 0.320 e. The molecule has 3 heterocycles. The van der Waals surface area contributed by atoms with Crippen LogP contribution >= 0.6 is 0 Å². The van der Waals surface area contributed by atoms with E-state index in [0.717, 1.165) is 47.7 Å². The number of amides is 3. The fraction of sp³-hybridized carbons (Fsp3) is 0.500. The number of urea groups is 1. The minimum absolute atomic E-state index is 0.00768. The third-order valence-corrected chi connectivity index (χ3v) is 9.33. The maximum Gasteiger partial charge on any atom is 0.320 e. The summed E-state index contributed by atoms with van der Waals surface area (Å²) in [5.74, 6) is 1.59. The number of benzene rings is 1. The van der Waals surface area contributed by atoms with Gasteiger partial charge in [0.1, 0.15) is 23.5 Å². The van der Waals surface area contributed by atoms with Crippen molar-refractivity contribution >= 4 is 23.4 Å². The number of likely N-dealkylation sites (N-methyl/N-ethyl adjacent to an activating group) is 1. The van der Waals surface area contributed by atoms with Crippen molar-refractivity contribution < 1.29 is 19.1 Å². The molecule has 0 unspecified atom stereocenters. The van der Waals surface area contributed by atoms with Crippen LogP contribution in [0.4, 0.5) is 10.6 Å². The Kier molecular flexibility index (Phi) is 9.84. The number of pyridine rings is 1. The fourth-order valence-electron chi connectivity index (χ4n) is 6.06. The maximum absolute atomic E-state index is 13.4. The largest absolute Gasteiger partial charge is 0.484 e. The van der Waals surface area contributed by atoms with Gasteiger partial charge in [-0.15, -0.1) is 10.2 Å². The van der Waals surface area contributed by atoms with Gasteiger partial charge in [0, 0.05) is 43.6 Å². The second kappa shape index (κ2) is 14.1. The summed E-state index contributed by atoms with van der Waals surface area (Å²) in [5.41, 5.74) is 3.18. The van der Waals surface area contributed by atoms with Gasteiger partial charge in [-0.2, -0.15) is 0 Å². The molecule has 1 aromatic carbocycles. The molecule has 0 saturated heterocycles. The number of anilines is 1. The minimum Gasteiger partial charge on any atom is -0.484 e. The Morgan fingerprint density at radius 3 is 2.55 bits per heavy atom. The summed E-state index contributed by atoms with van der Waals surface area (Å²) in [5, 5.41) is 17.7. The molecule has 3 amide bonds. The fourth-order valence-corrected chi connectivity index (χ4v) is 6.06. The standard InChI is InChI=1S/C36H47N9O4/c1-35(2,3)28-21-29(40-31(39-28)32(46)37-17-18-44(5)19-20-48-6)41-34(47)38-26-12-13-27(25-10-8-7-9-24(25)26)49-23-11-14-30-42-43-33(45(30)22-23)36(4)15-16-36/h7-11,14,21-22,26-27H,12-13,15-20H2,1-6H3,(H,37,46)(H2,38,39,40,41,47)/t26-,27+/m0/s1. The zero-order chi connectivity index (χ0) is 34.8. The first-order chi connectivity index (χ1) is 23.4. The van der Waals surface area contributed by atoms with Crippen LogP contribution < -0.4 is 20.7 Å². The molecule has 0 aliphatic heterocycles. The van der Waals surface area contributed by atoms with Gasteiger partial charge in [-0.05, 0) is 56.0 Å². The lowest BCUT2D eigenvalue weighted by atomic mass is 9.85. The predicted molar refractivity (Wildman–Crippen MR) is 186 cm³/mol. The van der Waals surface area contributed by atoms with Gasteiger partial charge in [-0.3, -0.25) is 14.5 Å². The Morgan fingerprint density at radius 1 is 1.04 bits per heavy atom. The number of methoxy groups -OCH3 is 1. The maximum atomic E-state index is 13.4. The molecule has 13 nitrogen and oxygen atoms in total. The highest BCUT2D eigenvalue weighted by Crippen LogP contribution is 2.47. The third-order valence-electron chi connectivity index (χ3n) is 9.33. The summed E-state index contributed by atoms with van der Waals surface area (Å²) in [6, 6.07) is 13.0. The zero-order valence-electron chi connectivity index (χ0n) is 29.2. The first kappa shape index (κ1) is 34.3. The van der Waals surface area contributed by atoms with Gasteiger partial charge >= 0.3 is 6.03 Å². The van der Waals surface area contributed by atoms with Crippen molar-refractivity contribution in [1.82, 2.24) is 40.1 Å². The van der Waals surface area contributed by atoms with Crippen molar-refractivity contribution in [2.45, 2.75) is 76.4 Å². The van der Waals surface area contributed by atoms with E-state index in [1.54, 1.807) is 13.2 Å². The molecule has 0 radical (unpaired) electrons. The van der Waals surface area contributed by atoms with Gasteiger partial charge < -0.3 is 25.0 Å². The lowest BCUT2D eigenvalue weighted by molar-refractivity contribution is 0.0936. The van der Waals surface area contributed by atoms with Crippen LogP contribution in [0.2, 0.25) is 0 Å². The topological polar surface area (TPSA) is 148 Å². The van der Waals surface area contributed by atoms with Gasteiger partial charge in [0.05, 0.1) is 24.5 Å². The van der Waals surface area contributed by atoms with E-state index in [2.05, 4.69) is 54.0 Å². The minimum atomic E-state index is -0.414. The van der Waals surface area contributed by atoms with E-state index < -0.39 is 11.9 Å². The first-order valence-corrected chi connectivity index (χ1v) is 17.0. The molecular weight excluding hydrogens is 622 g/mol. The van der Waals surface area contributed by atoms with Crippen LogP contribution in [-0.2, 0) is 15.6 Å². The average Bonchev–Trinajstić information content (AvgIpc) is 3.67. The number of carbonyl (C=O) groups is 2. The number of hydrogen-bond acceptors (Lipinski definition) is 9. The third kappa shape index (κ3) is 8.00. The first-order valence-electron chi connectivity index (χ1n) is 17.0. The quantitative estimate of drug-likeness (QED) is 0.191. The number of nitrogens with zero attached hydrogens (tertiary/aromatic N) is 6. The summed E-state index contributed by atoms with van der Waals surface area (Å²) < 4.78 is 13.7. The van der Waals surface area contributed by atoms with Crippen molar-refractivity contribution in [3.63, 3.8) is 0 Å². The van der Waals surface area contributed by atoms with E-state index in [-0.39, 0.29) is 34.6 Å². The summed E-state index contributed by atoms with van der Waals surface area (Å²) >= 11 is 0. The molecule has 6 rings (SSSR count). The van der Waals surface area contributed by atoms with Crippen LogP contribution in [0, 0.1) is 0 Å². The summed E-state index contributed by atoms with van der Waals surface area (Å²) in [6.45, 7) is 10.7. The molecule has 13 heteroatoms. The Labute approximate surface area is 287 Å². The van der Waals surface area contributed by atoms with Gasteiger partial charge in [-0.25, -0.2) is 14.8 Å². The van der Waals surface area contributed by atoms with E-state index >= 15 is 0 Å². The summed E-state index contributed by atoms with van der Waals surface area (Å²) in [7, 11) is 3.62. The van der Waals surface area contributed by atoms with Crippen LogP contribution in [0.25, 0.3) is 5.65 Å². The van der Waals surface area contributed by atoms with E-state index in [0.29, 0.717) is 38.2 Å². The van der Waals surface area contributed by atoms with E-state index in [1.807, 2.05) is 68.7 Å². The Hall–Kier alpha value is -4.62. The lowest BCUT2D eigenvalue weighted by Crippen LogP contribution is -2.37. The van der Waals surface area contributed by atoms with E-state index in [4.69, 9.17) is 9.47 Å². The van der Waals surface area contributed by atoms with Crippen molar-refractivity contribution in [3.05, 3.63) is 77.1 Å². The van der Waals surface area contributed by atoms with Crippen LogP contribution in [-0.4, -0.2) is 81.8 Å². The molecule has 2 aliphatic carbocycles. The summed E-state index contributed by atoms with van der Waals surface area (Å²) in [6.07, 6.45) is 5.41. The van der Waals surface area contributed by atoms with Gasteiger partial charge in [-0.1, -0.05) is 52.0 Å². The number of fused-ring (bicyclic) bond motifs is 2. The monoisotopic (exact) mass is 669 g/mol. The predicted octanol–water partition coefficient (Wildman–Crippen LogP) is 4.95. The normalized spacial score (nSPS) is 18.2. The number of hydrogen-bond donors (Lipinski definition) is 3. The van der Waals surface area contributed by atoms with Gasteiger partial charge in [0.15, 0.2) is 5.65 Å². The van der Waals surface area contributed by atoms with Crippen LogP contribution in [0.5, 0.6) is 5.75 Å². The van der Waals surface area contributed by atoms with Crippen molar-refractivity contribution in [2.75, 3.05) is 45.7 Å². The van der Waals surface area contributed by atoms with Crippen molar-refractivity contribution in [3.8, 4) is 5.75 Å². The highest BCUT2D eigenvalue weighted by Gasteiger charge is 2.43. The molecule has 1 saturated carbocycles. The van der Waals surface area contributed by atoms with Crippen molar-refractivity contribution in [2.24, 2.45) is 0 Å². The molecule has 2 aliphatic rings. The van der Waals surface area contributed by atoms with E-state index in [1.165, 1.54) is 0 Å². The highest BCUT2D eigenvalue weighted by molar-refractivity contribution is 5.92. The number of nitrogens with one attached hydrogen (secondary N) is 3. The number of carbonyl (C=O) groups excluding carboxylic acids is 2. The molecule has 3 aromatic heterocycles. The van der Waals surface area contributed by atoms with Crippen LogP contribution in [0.3, 0.4) is 0 Å². The molecule has 260 valence electrons. The van der Waals surface area contributed by atoms with Gasteiger partial charge in [0.25, 0.3) is 5.91 Å².